The number of nitro benzene ring substituents is 1. The molecule has 1 aromatic carbocycles. The van der Waals surface area contributed by atoms with Crippen molar-refractivity contribution in [1.29, 1.82) is 0 Å². The van der Waals surface area contributed by atoms with E-state index in [0.29, 0.717) is 6.04 Å². The van der Waals surface area contributed by atoms with Gasteiger partial charge in [0.2, 0.25) is 0 Å². The molecule has 2 N–H and O–H groups in total. The lowest BCUT2D eigenvalue weighted by atomic mass is 10.1. The number of rotatable bonds is 4. The average Bonchev–Trinajstić information content (AvgIpc) is 2.38. The highest BCUT2D eigenvalue weighted by Crippen LogP contribution is 2.27. The Bertz CT molecular complexity index is 433. The van der Waals surface area contributed by atoms with Crippen LogP contribution in [0.4, 0.5) is 11.4 Å². The highest BCUT2D eigenvalue weighted by atomic mass is 35.5. The van der Waals surface area contributed by atoms with Gasteiger partial charge in [-0.2, -0.15) is 0 Å². The first-order chi connectivity index (χ1) is 8.66. The Hall–Kier alpha value is -1.33. The van der Waals surface area contributed by atoms with Crippen molar-refractivity contribution in [1.82, 2.24) is 5.32 Å². The fourth-order valence-electron chi connectivity index (χ4n) is 2.10. The van der Waals surface area contributed by atoms with Crippen molar-refractivity contribution in [3.63, 3.8) is 0 Å². The molecule has 1 aromatic rings. The number of hydrogen-bond donors (Lipinski definition) is 2. The van der Waals surface area contributed by atoms with Gasteiger partial charge in [-0.1, -0.05) is 18.0 Å². The monoisotopic (exact) mass is 269 g/mol. The lowest BCUT2D eigenvalue weighted by molar-refractivity contribution is -0.384. The van der Waals surface area contributed by atoms with E-state index < -0.39 is 4.92 Å². The first-order valence-corrected chi connectivity index (χ1v) is 6.46. The summed E-state index contributed by atoms with van der Waals surface area (Å²) in [6, 6.07) is 5.23. The van der Waals surface area contributed by atoms with Crippen LogP contribution >= 0.6 is 11.6 Å². The van der Waals surface area contributed by atoms with Gasteiger partial charge in [-0.05, 0) is 31.5 Å². The number of halogens is 1. The first-order valence-electron chi connectivity index (χ1n) is 6.08. The van der Waals surface area contributed by atoms with Gasteiger partial charge in [0.1, 0.15) is 5.02 Å². The minimum Gasteiger partial charge on any atom is -0.383 e. The summed E-state index contributed by atoms with van der Waals surface area (Å²) in [7, 11) is 0. The summed E-state index contributed by atoms with van der Waals surface area (Å²) in [5.74, 6) is 0. The fraction of sp³-hybridized carbons (Fsp3) is 0.500. The van der Waals surface area contributed by atoms with Crippen molar-refractivity contribution >= 4 is 23.0 Å². The van der Waals surface area contributed by atoms with Crippen molar-refractivity contribution in [3.8, 4) is 0 Å². The molecule has 18 heavy (non-hydrogen) atoms. The molecule has 1 atom stereocenters. The number of nitrogens with zero attached hydrogens (tertiary/aromatic N) is 1. The summed E-state index contributed by atoms with van der Waals surface area (Å²) in [6.45, 7) is 1.83. The normalized spacial score (nSPS) is 19.5. The quantitative estimate of drug-likeness (QED) is 0.651. The van der Waals surface area contributed by atoms with E-state index in [9.17, 15) is 10.1 Å². The van der Waals surface area contributed by atoms with E-state index >= 15 is 0 Å². The molecule has 0 saturated carbocycles. The van der Waals surface area contributed by atoms with E-state index in [2.05, 4.69) is 10.6 Å². The number of nitrogens with one attached hydrogen (secondary N) is 2. The largest absolute Gasteiger partial charge is 0.383 e. The number of nitro groups is 1. The van der Waals surface area contributed by atoms with Gasteiger partial charge >= 0.3 is 0 Å². The van der Waals surface area contributed by atoms with Gasteiger partial charge in [-0.3, -0.25) is 10.1 Å². The molecule has 0 aliphatic carbocycles. The van der Waals surface area contributed by atoms with E-state index in [4.69, 9.17) is 11.6 Å². The molecule has 0 aromatic heterocycles. The SMILES string of the molecule is O=[N+]([O-])c1cc(NCC2CCCCN2)ccc1Cl. The summed E-state index contributed by atoms with van der Waals surface area (Å²) in [6.07, 6.45) is 3.60. The van der Waals surface area contributed by atoms with Crippen LogP contribution in [-0.2, 0) is 0 Å². The predicted octanol–water partition coefficient (Wildman–Crippen LogP) is 2.80. The van der Waals surface area contributed by atoms with E-state index in [1.54, 1.807) is 12.1 Å². The third-order valence-corrected chi connectivity index (χ3v) is 3.43. The second-order valence-corrected chi connectivity index (χ2v) is 4.86. The summed E-state index contributed by atoms with van der Waals surface area (Å²) >= 11 is 5.76. The molecule has 0 radical (unpaired) electrons. The van der Waals surface area contributed by atoms with Gasteiger partial charge in [0.15, 0.2) is 0 Å². The van der Waals surface area contributed by atoms with Gasteiger partial charge in [-0.15, -0.1) is 0 Å². The minimum atomic E-state index is -0.466. The third kappa shape index (κ3) is 3.34. The molecule has 1 heterocycles. The zero-order chi connectivity index (χ0) is 13.0. The van der Waals surface area contributed by atoms with Crippen LogP contribution in [0.25, 0.3) is 0 Å². The average molecular weight is 270 g/mol. The van der Waals surface area contributed by atoms with Crippen molar-refractivity contribution in [2.75, 3.05) is 18.4 Å². The topological polar surface area (TPSA) is 67.2 Å². The van der Waals surface area contributed by atoms with Crippen LogP contribution in [0.15, 0.2) is 18.2 Å². The lowest BCUT2D eigenvalue weighted by Gasteiger charge is -2.24. The van der Waals surface area contributed by atoms with E-state index in [0.717, 1.165) is 25.2 Å². The zero-order valence-electron chi connectivity index (χ0n) is 9.99. The van der Waals surface area contributed by atoms with Crippen molar-refractivity contribution in [2.24, 2.45) is 0 Å². The minimum absolute atomic E-state index is 0.0572. The maximum Gasteiger partial charge on any atom is 0.289 e. The third-order valence-electron chi connectivity index (χ3n) is 3.11. The van der Waals surface area contributed by atoms with Crippen LogP contribution in [0, 0.1) is 10.1 Å². The number of hydrogen-bond acceptors (Lipinski definition) is 4. The molecule has 2 rings (SSSR count). The molecule has 6 heteroatoms. The Morgan fingerprint density at radius 3 is 3.00 bits per heavy atom. The van der Waals surface area contributed by atoms with Crippen LogP contribution < -0.4 is 10.6 Å². The molecular formula is C12H16ClN3O2. The Morgan fingerprint density at radius 2 is 2.33 bits per heavy atom. The number of benzene rings is 1. The van der Waals surface area contributed by atoms with E-state index in [-0.39, 0.29) is 10.7 Å². The number of piperidine rings is 1. The van der Waals surface area contributed by atoms with E-state index in [1.165, 1.54) is 18.9 Å². The molecule has 98 valence electrons. The smallest absolute Gasteiger partial charge is 0.289 e. The van der Waals surface area contributed by atoms with Gasteiger partial charge < -0.3 is 10.6 Å². The molecular weight excluding hydrogens is 254 g/mol. The Kier molecular flexibility index (Phi) is 4.38. The van der Waals surface area contributed by atoms with Crippen molar-refractivity contribution in [2.45, 2.75) is 25.3 Å². The summed E-state index contributed by atoms with van der Waals surface area (Å²) in [5.41, 5.74) is 0.678. The van der Waals surface area contributed by atoms with E-state index in [1.807, 2.05) is 0 Å². The molecule has 1 aliphatic rings. The molecule has 0 spiro atoms. The summed E-state index contributed by atoms with van der Waals surface area (Å²) < 4.78 is 0. The Labute approximate surface area is 111 Å². The Balaban J connectivity index is 1.96. The summed E-state index contributed by atoms with van der Waals surface area (Å²) in [4.78, 5) is 10.3. The van der Waals surface area contributed by atoms with Crippen molar-refractivity contribution in [3.05, 3.63) is 33.3 Å². The second-order valence-electron chi connectivity index (χ2n) is 4.45. The highest BCUT2D eigenvalue weighted by molar-refractivity contribution is 6.32. The van der Waals surface area contributed by atoms with Crippen LogP contribution in [0.5, 0.6) is 0 Å². The second kappa shape index (κ2) is 6.02. The van der Waals surface area contributed by atoms with Gasteiger partial charge in [0, 0.05) is 24.3 Å². The van der Waals surface area contributed by atoms with Crippen LogP contribution in [-0.4, -0.2) is 24.1 Å². The van der Waals surface area contributed by atoms with Crippen LogP contribution in [0.2, 0.25) is 5.02 Å². The van der Waals surface area contributed by atoms with Gasteiger partial charge in [0.25, 0.3) is 5.69 Å². The zero-order valence-corrected chi connectivity index (χ0v) is 10.7. The maximum absolute atomic E-state index is 10.8. The van der Waals surface area contributed by atoms with Crippen LogP contribution in [0.3, 0.4) is 0 Å². The fourth-order valence-corrected chi connectivity index (χ4v) is 2.29. The Morgan fingerprint density at radius 1 is 1.50 bits per heavy atom. The molecule has 1 unspecified atom stereocenters. The maximum atomic E-state index is 10.8. The molecule has 5 nitrogen and oxygen atoms in total. The summed E-state index contributed by atoms with van der Waals surface area (Å²) in [5, 5.41) is 17.6. The highest BCUT2D eigenvalue weighted by Gasteiger charge is 2.15. The lowest BCUT2D eigenvalue weighted by Crippen LogP contribution is -2.39. The van der Waals surface area contributed by atoms with Gasteiger partial charge in [-0.25, -0.2) is 0 Å². The van der Waals surface area contributed by atoms with Crippen molar-refractivity contribution < 1.29 is 4.92 Å². The van der Waals surface area contributed by atoms with Crippen LogP contribution in [0.1, 0.15) is 19.3 Å². The number of anilines is 1. The molecule has 1 fully saturated rings. The first kappa shape index (κ1) is 13.1. The molecule has 0 amide bonds. The molecule has 1 aliphatic heterocycles. The standard InChI is InChI=1S/C12H16ClN3O2/c13-11-5-4-9(7-12(11)16(17)18)15-8-10-3-1-2-6-14-10/h4-5,7,10,14-15H,1-3,6,8H2. The molecule has 1 saturated heterocycles. The van der Waals surface area contributed by atoms with Gasteiger partial charge in [0.05, 0.1) is 4.92 Å². The molecule has 0 bridgehead atoms. The predicted molar refractivity (Wildman–Crippen MR) is 72.2 cm³/mol.